The van der Waals surface area contributed by atoms with Gasteiger partial charge < -0.3 is 10.6 Å². The highest BCUT2D eigenvalue weighted by Crippen LogP contribution is 2.25. The van der Waals surface area contributed by atoms with E-state index in [4.69, 9.17) is 0 Å². The second-order valence-corrected chi connectivity index (χ2v) is 7.38. The minimum Gasteiger partial charge on any atom is -0.350 e. The van der Waals surface area contributed by atoms with Crippen LogP contribution in [0.3, 0.4) is 0 Å². The zero-order valence-corrected chi connectivity index (χ0v) is 16.1. The average molecular weight is 394 g/mol. The highest BCUT2D eigenvalue weighted by molar-refractivity contribution is 5.94. The summed E-state index contributed by atoms with van der Waals surface area (Å²) >= 11 is 0. The Morgan fingerprint density at radius 3 is 2.15 bits per heavy atom. The number of piperazine rings is 1. The summed E-state index contributed by atoms with van der Waals surface area (Å²) < 4.78 is 40.0. The fourth-order valence-electron chi connectivity index (χ4n) is 2.86. The number of carbonyl (C=O) groups excluding carboxylic acids is 1. The first kappa shape index (κ1) is 22.7. The van der Waals surface area contributed by atoms with Crippen LogP contribution in [-0.4, -0.2) is 55.7 Å². The Morgan fingerprint density at radius 2 is 1.69 bits per heavy atom. The SMILES string of the molecule is CC(C)(C)c1ccc(C(=O)NCC(N2CCNCC2)C(F)(F)F)cc1.Cl. The highest BCUT2D eigenvalue weighted by Gasteiger charge is 2.43. The van der Waals surface area contributed by atoms with Gasteiger partial charge in [0.2, 0.25) is 0 Å². The van der Waals surface area contributed by atoms with Gasteiger partial charge in [0.1, 0.15) is 6.04 Å². The predicted octanol–water partition coefficient (Wildman–Crippen LogP) is 2.97. The lowest BCUT2D eigenvalue weighted by atomic mass is 9.87. The molecule has 2 rings (SSSR count). The first-order valence-corrected chi connectivity index (χ1v) is 8.49. The number of nitrogens with zero attached hydrogens (tertiary/aromatic N) is 1. The van der Waals surface area contributed by atoms with E-state index in [0.717, 1.165) is 5.56 Å². The quantitative estimate of drug-likeness (QED) is 0.826. The molecule has 0 spiro atoms. The lowest BCUT2D eigenvalue weighted by molar-refractivity contribution is -0.183. The van der Waals surface area contributed by atoms with Gasteiger partial charge in [0.05, 0.1) is 0 Å². The summed E-state index contributed by atoms with van der Waals surface area (Å²) in [5.74, 6) is -0.482. The summed E-state index contributed by atoms with van der Waals surface area (Å²) in [4.78, 5) is 13.6. The van der Waals surface area contributed by atoms with Crippen LogP contribution >= 0.6 is 12.4 Å². The molecule has 1 aliphatic heterocycles. The Kier molecular flexibility index (Phi) is 7.92. The van der Waals surface area contributed by atoms with E-state index in [1.807, 2.05) is 12.1 Å². The van der Waals surface area contributed by atoms with Gasteiger partial charge in [-0.05, 0) is 23.1 Å². The van der Waals surface area contributed by atoms with Gasteiger partial charge in [-0.15, -0.1) is 12.4 Å². The van der Waals surface area contributed by atoms with Crippen molar-refractivity contribution in [3.8, 4) is 0 Å². The minimum atomic E-state index is -4.37. The van der Waals surface area contributed by atoms with Crippen LogP contribution in [-0.2, 0) is 5.41 Å². The van der Waals surface area contributed by atoms with E-state index >= 15 is 0 Å². The number of carbonyl (C=O) groups is 1. The highest BCUT2D eigenvalue weighted by atomic mass is 35.5. The second-order valence-electron chi connectivity index (χ2n) is 7.38. The van der Waals surface area contributed by atoms with Crippen LogP contribution in [0.2, 0.25) is 0 Å². The fourth-order valence-corrected chi connectivity index (χ4v) is 2.86. The van der Waals surface area contributed by atoms with Crippen molar-refractivity contribution in [2.45, 2.75) is 38.4 Å². The maximum absolute atomic E-state index is 13.3. The van der Waals surface area contributed by atoms with E-state index in [2.05, 4.69) is 31.4 Å². The first-order valence-electron chi connectivity index (χ1n) is 8.49. The smallest absolute Gasteiger partial charge is 0.350 e. The topological polar surface area (TPSA) is 44.4 Å². The van der Waals surface area contributed by atoms with Gasteiger partial charge in [0.15, 0.2) is 0 Å². The molecule has 0 radical (unpaired) electrons. The van der Waals surface area contributed by atoms with Gasteiger partial charge in [0.25, 0.3) is 5.91 Å². The second kappa shape index (κ2) is 9.06. The summed E-state index contributed by atoms with van der Waals surface area (Å²) in [6.07, 6.45) is -4.37. The van der Waals surface area contributed by atoms with Gasteiger partial charge >= 0.3 is 6.18 Å². The van der Waals surface area contributed by atoms with Crippen molar-refractivity contribution in [3.05, 3.63) is 35.4 Å². The first-order chi connectivity index (χ1) is 11.6. The molecule has 2 N–H and O–H groups in total. The molecule has 1 unspecified atom stereocenters. The van der Waals surface area contributed by atoms with E-state index in [1.165, 1.54) is 4.90 Å². The molecule has 4 nitrogen and oxygen atoms in total. The molecule has 0 aliphatic carbocycles. The molecule has 148 valence electrons. The Labute approximate surface area is 158 Å². The van der Waals surface area contributed by atoms with Crippen LogP contribution in [0.4, 0.5) is 13.2 Å². The van der Waals surface area contributed by atoms with E-state index in [9.17, 15) is 18.0 Å². The predicted molar refractivity (Wildman–Crippen MR) is 99.0 cm³/mol. The van der Waals surface area contributed by atoms with Gasteiger partial charge in [-0.3, -0.25) is 9.69 Å². The van der Waals surface area contributed by atoms with Crippen LogP contribution < -0.4 is 10.6 Å². The number of amides is 1. The number of nitrogens with one attached hydrogen (secondary N) is 2. The summed E-state index contributed by atoms with van der Waals surface area (Å²) in [6.45, 7) is 7.42. The Morgan fingerprint density at radius 1 is 1.15 bits per heavy atom. The van der Waals surface area contributed by atoms with Crippen LogP contribution in [0.1, 0.15) is 36.7 Å². The minimum absolute atomic E-state index is 0. The third-order valence-electron chi connectivity index (χ3n) is 4.44. The molecule has 1 heterocycles. The number of hydrogen-bond donors (Lipinski definition) is 2. The molecule has 1 aromatic rings. The fraction of sp³-hybridized carbons (Fsp3) is 0.611. The normalized spacial score (nSPS) is 17.3. The lowest BCUT2D eigenvalue weighted by Crippen LogP contribution is -2.57. The molecule has 1 saturated heterocycles. The van der Waals surface area contributed by atoms with Gasteiger partial charge in [-0.25, -0.2) is 0 Å². The molecule has 1 amide bonds. The lowest BCUT2D eigenvalue weighted by Gasteiger charge is -2.35. The Bertz CT molecular complexity index is 579. The zero-order valence-electron chi connectivity index (χ0n) is 15.3. The van der Waals surface area contributed by atoms with E-state index < -0.39 is 24.7 Å². The van der Waals surface area contributed by atoms with Crippen molar-refractivity contribution in [1.29, 1.82) is 0 Å². The van der Waals surface area contributed by atoms with Crippen LogP contribution in [0, 0.1) is 0 Å². The Hall–Kier alpha value is -1.31. The molecule has 1 aromatic carbocycles. The average Bonchev–Trinajstić information content (AvgIpc) is 2.54. The van der Waals surface area contributed by atoms with Crippen molar-refractivity contribution in [3.63, 3.8) is 0 Å². The molecular weight excluding hydrogens is 367 g/mol. The number of halogens is 4. The number of rotatable bonds is 4. The standard InChI is InChI=1S/C18H26F3N3O.ClH/c1-17(2,3)14-6-4-13(5-7-14)16(25)23-12-15(18(19,20)21)24-10-8-22-9-11-24;/h4-7,15,22H,8-12H2,1-3H3,(H,23,25);1H. The molecule has 1 atom stereocenters. The van der Waals surface area contributed by atoms with Crippen molar-refractivity contribution < 1.29 is 18.0 Å². The maximum atomic E-state index is 13.3. The van der Waals surface area contributed by atoms with Crippen molar-refractivity contribution in [1.82, 2.24) is 15.5 Å². The molecule has 0 saturated carbocycles. The van der Waals surface area contributed by atoms with Crippen molar-refractivity contribution >= 4 is 18.3 Å². The zero-order chi connectivity index (χ0) is 18.7. The number of hydrogen-bond acceptors (Lipinski definition) is 3. The summed E-state index contributed by atoms with van der Waals surface area (Å²) in [7, 11) is 0. The third-order valence-corrected chi connectivity index (χ3v) is 4.44. The third kappa shape index (κ3) is 6.14. The number of alkyl halides is 3. The van der Waals surface area contributed by atoms with Gasteiger partial charge in [-0.2, -0.15) is 13.2 Å². The molecule has 0 bridgehead atoms. The van der Waals surface area contributed by atoms with E-state index in [-0.39, 0.29) is 17.8 Å². The molecule has 26 heavy (non-hydrogen) atoms. The van der Waals surface area contributed by atoms with Crippen molar-refractivity contribution in [2.24, 2.45) is 0 Å². The van der Waals surface area contributed by atoms with E-state index in [0.29, 0.717) is 31.7 Å². The Balaban J connectivity index is 0.00000338. The van der Waals surface area contributed by atoms with Crippen LogP contribution in [0.25, 0.3) is 0 Å². The van der Waals surface area contributed by atoms with Gasteiger partial charge in [-0.1, -0.05) is 32.9 Å². The summed E-state index contributed by atoms with van der Waals surface area (Å²) in [5, 5.41) is 5.47. The number of benzene rings is 1. The van der Waals surface area contributed by atoms with Crippen LogP contribution in [0.5, 0.6) is 0 Å². The monoisotopic (exact) mass is 393 g/mol. The summed E-state index contributed by atoms with van der Waals surface area (Å²) in [5.41, 5.74) is 1.39. The molecule has 8 heteroatoms. The molecule has 1 fully saturated rings. The van der Waals surface area contributed by atoms with E-state index in [1.54, 1.807) is 12.1 Å². The van der Waals surface area contributed by atoms with Crippen molar-refractivity contribution in [2.75, 3.05) is 32.7 Å². The largest absolute Gasteiger partial charge is 0.405 e. The summed E-state index contributed by atoms with van der Waals surface area (Å²) in [6, 6.07) is 5.33. The van der Waals surface area contributed by atoms with Crippen LogP contribution in [0.15, 0.2) is 24.3 Å². The maximum Gasteiger partial charge on any atom is 0.405 e. The molecule has 0 aromatic heterocycles. The molecule has 1 aliphatic rings. The van der Waals surface area contributed by atoms with Gasteiger partial charge in [0, 0.05) is 38.3 Å². The molecular formula is C18H27ClF3N3O.